The molecule has 8 heteroatoms. The third-order valence-corrected chi connectivity index (χ3v) is 5.19. The van der Waals surface area contributed by atoms with Crippen molar-refractivity contribution in [1.29, 1.82) is 0 Å². The number of rotatable bonds is 8. The lowest BCUT2D eigenvalue weighted by molar-refractivity contribution is -0.0351. The molecule has 0 saturated carbocycles. The van der Waals surface area contributed by atoms with Crippen LogP contribution in [0, 0.1) is 0 Å². The van der Waals surface area contributed by atoms with Crippen molar-refractivity contribution in [2.75, 3.05) is 40.5 Å². The minimum atomic E-state index is -0.131. The predicted molar refractivity (Wildman–Crippen MR) is 116 cm³/mol. The Bertz CT molecular complexity index is 983. The van der Waals surface area contributed by atoms with E-state index in [0.29, 0.717) is 13.2 Å². The van der Waals surface area contributed by atoms with Crippen LogP contribution in [0.3, 0.4) is 0 Å². The molecule has 3 heterocycles. The Morgan fingerprint density at radius 2 is 2.00 bits per heavy atom. The van der Waals surface area contributed by atoms with E-state index in [9.17, 15) is 0 Å². The molecule has 0 radical (unpaired) electrons. The van der Waals surface area contributed by atoms with Crippen molar-refractivity contribution in [2.24, 2.45) is 0 Å². The molecular weight excluding hydrogens is 394 g/mol. The van der Waals surface area contributed by atoms with Crippen molar-refractivity contribution in [1.82, 2.24) is 24.8 Å². The lowest BCUT2D eigenvalue weighted by Gasteiger charge is -2.32. The topological polar surface area (TPSA) is 82.5 Å². The van der Waals surface area contributed by atoms with E-state index in [1.54, 1.807) is 26.6 Å². The number of aromatic nitrogens is 4. The maximum atomic E-state index is 6.02. The van der Waals surface area contributed by atoms with Gasteiger partial charge in [-0.3, -0.25) is 9.88 Å². The Labute approximate surface area is 182 Å². The minimum absolute atomic E-state index is 0.131. The van der Waals surface area contributed by atoms with Gasteiger partial charge in [0.15, 0.2) is 0 Å². The molecule has 0 aliphatic carbocycles. The van der Waals surface area contributed by atoms with Gasteiger partial charge in [0.2, 0.25) is 0 Å². The maximum Gasteiger partial charge on any atom is 0.130 e. The number of methoxy groups -OCH3 is 2. The van der Waals surface area contributed by atoms with Crippen molar-refractivity contribution in [3.63, 3.8) is 0 Å². The van der Waals surface area contributed by atoms with Crippen molar-refractivity contribution in [2.45, 2.75) is 19.1 Å². The molecule has 1 aliphatic heterocycles. The van der Waals surface area contributed by atoms with Gasteiger partial charge in [-0.2, -0.15) is 0 Å². The largest absolute Gasteiger partial charge is 0.497 e. The molecule has 1 atom stereocenters. The highest BCUT2D eigenvalue weighted by Gasteiger charge is 2.24. The van der Waals surface area contributed by atoms with E-state index in [4.69, 9.17) is 19.2 Å². The smallest absolute Gasteiger partial charge is 0.130 e. The highest BCUT2D eigenvalue weighted by molar-refractivity contribution is 5.60. The van der Waals surface area contributed by atoms with Gasteiger partial charge in [0, 0.05) is 56.7 Å². The SMILES string of the molecule is COCCc1ncc(CN2CCOC(c3cncc(-c4cccc(OC)c4)n3)C2)cn1. The summed E-state index contributed by atoms with van der Waals surface area (Å²) in [5.74, 6) is 1.59. The number of morpholine rings is 1. The summed E-state index contributed by atoms with van der Waals surface area (Å²) in [6.45, 7) is 3.63. The second-order valence-corrected chi connectivity index (χ2v) is 7.41. The van der Waals surface area contributed by atoms with Crippen LogP contribution in [-0.4, -0.2) is 65.4 Å². The van der Waals surface area contributed by atoms with Gasteiger partial charge in [-0.25, -0.2) is 15.0 Å². The Morgan fingerprint density at radius 3 is 2.81 bits per heavy atom. The third-order valence-electron chi connectivity index (χ3n) is 5.19. The van der Waals surface area contributed by atoms with Crippen LogP contribution in [0.25, 0.3) is 11.3 Å². The van der Waals surface area contributed by atoms with Gasteiger partial charge in [-0.1, -0.05) is 12.1 Å². The van der Waals surface area contributed by atoms with Crippen molar-refractivity contribution < 1.29 is 14.2 Å². The molecule has 1 aliphatic rings. The van der Waals surface area contributed by atoms with Crippen LogP contribution in [0.15, 0.2) is 49.1 Å². The summed E-state index contributed by atoms with van der Waals surface area (Å²) in [6.07, 6.45) is 7.93. The molecular formula is C23H27N5O3. The van der Waals surface area contributed by atoms with Gasteiger partial charge < -0.3 is 14.2 Å². The molecule has 2 aromatic heterocycles. The Hall–Kier alpha value is -2.94. The summed E-state index contributed by atoms with van der Waals surface area (Å²) in [4.78, 5) is 20.4. The zero-order valence-electron chi connectivity index (χ0n) is 17.9. The number of ether oxygens (including phenoxy) is 3. The van der Waals surface area contributed by atoms with E-state index in [2.05, 4.69) is 19.9 Å². The number of benzene rings is 1. The lowest BCUT2D eigenvalue weighted by atomic mass is 10.1. The van der Waals surface area contributed by atoms with Gasteiger partial charge in [0.05, 0.1) is 44.1 Å². The first-order valence-electron chi connectivity index (χ1n) is 10.3. The van der Waals surface area contributed by atoms with Crippen LogP contribution >= 0.6 is 0 Å². The number of nitrogens with zero attached hydrogens (tertiary/aromatic N) is 5. The summed E-state index contributed by atoms with van der Waals surface area (Å²) in [7, 11) is 3.34. The van der Waals surface area contributed by atoms with Gasteiger partial charge in [-0.15, -0.1) is 0 Å². The van der Waals surface area contributed by atoms with Crippen LogP contribution < -0.4 is 4.74 Å². The molecule has 1 unspecified atom stereocenters. The van der Waals surface area contributed by atoms with Crippen LogP contribution in [0.1, 0.15) is 23.2 Å². The average molecular weight is 422 g/mol. The molecule has 0 spiro atoms. The van der Waals surface area contributed by atoms with Crippen molar-refractivity contribution in [3.05, 3.63) is 66.1 Å². The first kappa shape index (κ1) is 21.3. The molecule has 1 fully saturated rings. The Morgan fingerprint density at radius 1 is 1.13 bits per heavy atom. The fraction of sp³-hybridized carbons (Fsp3) is 0.391. The highest BCUT2D eigenvalue weighted by atomic mass is 16.5. The molecule has 8 nitrogen and oxygen atoms in total. The fourth-order valence-electron chi connectivity index (χ4n) is 3.53. The molecule has 0 N–H and O–H groups in total. The van der Waals surface area contributed by atoms with Crippen molar-refractivity contribution in [3.8, 4) is 17.0 Å². The van der Waals surface area contributed by atoms with E-state index >= 15 is 0 Å². The second-order valence-electron chi connectivity index (χ2n) is 7.41. The standard InChI is InChI=1S/C23H27N5O3/c1-29-8-6-23-25-11-17(12-26-23)15-28-7-9-31-22(16-28)21-14-24-13-20(27-21)18-4-3-5-19(10-18)30-2/h3-5,10-14,22H,6-9,15-16H2,1-2H3. The average Bonchev–Trinajstić information content (AvgIpc) is 2.84. The van der Waals surface area contributed by atoms with E-state index in [1.165, 1.54) is 0 Å². The van der Waals surface area contributed by atoms with E-state index in [1.807, 2.05) is 36.7 Å². The van der Waals surface area contributed by atoms with Gasteiger partial charge in [0.25, 0.3) is 0 Å². The molecule has 31 heavy (non-hydrogen) atoms. The molecule has 4 rings (SSSR count). The molecule has 1 saturated heterocycles. The minimum Gasteiger partial charge on any atom is -0.497 e. The number of hydrogen-bond acceptors (Lipinski definition) is 8. The zero-order valence-corrected chi connectivity index (χ0v) is 17.9. The predicted octanol–water partition coefficient (Wildman–Crippen LogP) is 2.70. The Balaban J connectivity index is 1.42. The summed E-state index contributed by atoms with van der Waals surface area (Å²) < 4.78 is 16.4. The van der Waals surface area contributed by atoms with Gasteiger partial charge in [-0.05, 0) is 12.1 Å². The van der Waals surface area contributed by atoms with Crippen LogP contribution in [0.2, 0.25) is 0 Å². The first-order valence-corrected chi connectivity index (χ1v) is 10.3. The quantitative estimate of drug-likeness (QED) is 0.549. The lowest BCUT2D eigenvalue weighted by Crippen LogP contribution is -2.38. The number of hydrogen-bond donors (Lipinski definition) is 0. The first-order chi connectivity index (χ1) is 15.2. The molecule has 3 aromatic rings. The highest BCUT2D eigenvalue weighted by Crippen LogP contribution is 2.25. The summed E-state index contributed by atoms with van der Waals surface area (Å²) >= 11 is 0. The van der Waals surface area contributed by atoms with Crippen LogP contribution in [0.4, 0.5) is 0 Å². The monoisotopic (exact) mass is 421 g/mol. The maximum absolute atomic E-state index is 6.02. The Kier molecular flexibility index (Phi) is 7.14. The van der Waals surface area contributed by atoms with E-state index in [-0.39, 0.29) is 6.10 Å². The fourth-order valence-corrected chi connectivity index (χ4v) is 3.53. The summed E-state index contributed by atoms with van der Waals surface area (Å²) in [5.41, 5.74) is 3.68. The molecule has 0 amide bonds. The molecule has 162 valence electrons. The van der Waals surface area contributed by atoms with E-state index in [0.717, 1.165) is 60.1 Å². The van der Waals surface area contributed by atoms with Gasteiger partial charge in [0.1, 0.15) is 17.7 Å². The van der Waals surface area contributed by atoms with Crippen LogP contribution in [0.5, 0.6) is 5.75 Å². The zero-order chi connectivity index (χ0) is 21.5. The molecule has 0 bridgehead atoms. The summed E-state index contributed by atoms with van der Waals surface area (Å²) in [6, 6.07) is 7.82. The van der Waals surface area contributed by atoms with E-state index < -0.39 is 0 Å². The third kappa shape index (κ3) is 5.61. The van der Waals surface area contributed by atoms with Crippen LogP contribution in [-0.2, 0) is 22.4 Å². The molecule has 1 aromatic carbocycles. The van der Waals surface area contributed by atoms with Gasteiger partial charge >= 0.3 is 0 Å². The summed E-state index contributed by atoms with van der Waals surface area (Å²) in [5, 5.41) is 0. The normalized spacial score (nSPS) is 16.9. The van der Waals surface area contributed by atoms with Crippen molar-refractivity contribution >= 4 is 0 Å². The second kappa shape index (κ2) is 10.4.